The molecule has 2 rings (SSSR count). The molecule has 0 saturated carbocycles. The molecular formula is C17H19ClN2O4S. The SMILES string of the molecule is CCCOc1c(Cl)cc(C(=O)Nc2nc(C(C)=O)cs2)cc1OCC. The average molecular weight is 383 g/mol. The fraction of sp³-hybridized carbons (Fsp3) is 0.353. The second-order valence-electron chi connectivity index (χ2n) is 5.12. The maximum Gasteiger partial charge on any atom is 0.257 e. The lowest BCUT2D eigenvalue weighted by atomic mass is 10.2. The number of rotatable bonds is 8. The molecule has 1 aromatic carbocycles. The van der Waals surface area contributed by atoms with Crippen LogP contribution in [0.25, 0.3) is 0 Å². The highest BCUT2D eigenvalue weighted by Gasteiger charge is 2.17. The van der Waals surface area contributed by atoms with Crippen LogP contribution in [0.2, 0.25) is 5.02 Å². The molecule has 25 heavy (non-hydrogen) atoms. The van der Waals surface area contributed by atoms with E-state index in [0.717, 1.165) is 6.42 Å². The van der Waals surface area contributed by atoms with Gasteiger partial charge in [0, 0.05) is 17.9 Å². The highest BCUT2D eigenvalue weighted by atomic mass is 35.5. The number of ether oxygens (including phenoxy) is 2. The molecule has 2 aromatic rings. The summed E-state index contributed by atoms with van der Waals surface area (Å²) in [5.41, 5.74) is 0.633. The summed E-state index contributed by atoms with van der Waals surface area (Å²) in [5.74, 6) is 0.289. The Labute approximate surface area is 155 Å². The van der Waals surface area contributed by atoms with Gasteiger partial charge in [-0.05, 0) is 25.5 Å². The van der Waals surface area contributed by atoms with Crippen molar-refractivity contribution in [3.8, 4) is 11.5 Å². The standard InChI is InChI=1S/C17H19ClN2O4S/c1-4-6-24-15-12(18)7-11(8-14(15)23-5-2)16(22)20-17-19-13(9-25-17)10(3)21/h7-9H,4-6H2,1-3H3,(H,19,20,22). The quantitative estimate of drug-likeness (QED) is 0.683. The number of carbonyl (C=O) groups excluding carboxylic acids is 2. The summed E-state index contributed by atoms with van der Waals surface area (Å²) in [4.78, 5) is 27.8. The van der Waals surface area contributed by atoms with Gasteiger partial charge in [-0.25, -0.2) is 4.98 Å². The first kappa shape index (κ1) is 19.2. The Hall–Kier alpha value is -2.12. The number of nitrogens with zero attached hydrogens (tertiary/aromatic N) is 1. The van der Waals surface area contributed by atoms with Gasteiger partial charge in [-0.3, -0.25) is 14.9 Å². The van der Waals surface area contributed by atoms with Crippen LogP contribution >= 0.6 is 22.9 Å². The predicted molar refractivity (Wildman–Crippen MR) is 98.5 cm³/mol. The maximum absolute atomic E-state index is 12.4. The van der Waals surface area contributed by atoms with Crippen LogP contribution in [-0.4, -0.2) is 29.9 Å². The third kappa shape index (κ3) is 4.93. The van der Waals surface area contributed by atoms with E-state index in [1.54, 1.807) is 11.4 Å². The van der Waals surface area contributed by atoms with Gasteiger partial charge in [-0.2, -0.15) is 0 Å². The fourth-order valence-electron chi connectivity index (χ4n) is 1.97. The van der Waals surface area contributed by atoms with Crippen molar-refractivity contribution in [2.75, 3.05) is 18.5 Å². The first-order valence-corrected chi connectivity index (χ1v) is 9.09. The van der Waals surface area contributed by atoms with Crippen LogP contribution in [0.4, 0.5) is 5.13 Å². The molecule has 0 atom stereocenters. The van der Waals surface area contributed by atoms with Crippen LogP contribution in [0.3, 0.4) is 0 Å². The van der Waals surface area contributed by atoms with Gasteiger partial charge in [0.15, 0.2) is 22.4 Å². The molecular weight excluding hydrogens is 364 g/mol. The third-order valence-electron chi connectivity index (χ3n) is 3.11. The van der Waals surface area contributed by atoms with E-state index in [2.05, 4.69) is 10.3 Å². The topological polar surface area (TPSA) is 77.5 Å². The van der Waals surface area contributed by atoms with E-state index in [1.165, 1.54) is 24.3 Å². The zero-order valence-electron chi connectivity index (χ0n) is 14.2. The minimum absolute atomic E-state index is 0.157. The molecule has 0 spiro atoms. The first-order valence-electron chi connectivity index (χ1n) is 7.83. The van der Waals surface area contributed by atoms with Crippen LogP contribution in [0.15, 0.2) is 17.5 Å². The minimum Gasteiger partial charge on any atom is -0.490 e. The summed E-state index contributed by atoms with van der Waals surface area (Å²) in [7, 11) is 0. The van der Waals surface area contributed by atoms with Crippen molar-refractivity contribution in [3.63, 3.8) is 0 Å². The maximum atomic E-state index is 12.4. The molecule has 0 fully saturated rings. The smallest absolute Gasteiger partial charge is 0.257 e. The average Bonchev–Trinajstić information content (AvgIpc) is 3.03. The van der Waals surface area contributed by atoms with Gasteiger partial charge in [0.05, 0.1) is 18.2 Å². The first-order chi connectivity index (χ1) is 12.0. The van der Waals surface area contributed by atoms with Gasteiger partial charge in [0.1, 0.15) is 5.69 Å². The van der Waals surface area contributed by atoms with Gasteiger partial charge in [-0.15, -0.1) is 11.3 Å². The number of anilines is 1. The second-order valence-corrected chi connectivity index (χ2v) is 6.38. The van der Waals surface area contributed by atoms with E-state index in [1.807, 2.05) is 13.8 Å². The fourth-order valence-corrected chi connectivity index (χ4v) is 2.98. The zero-order chi connectivity index (χ0) is 18.4. The Morgan fingerprint density at radius 3 is 2.64 bits per heavy atom. The van der Waals surface area contributed by atoms with E-state index in [0.29, 0.717) is 46.1 Å². The monoisotopic (exact) mass is 382 g/mol. The van der Waals surface area contributed by atoms with E-state index in [9.17, 15) is 9.59 Å². The third-order valence-corrected chi connectivity index (χ3v) is 4.15. The summed E-state index contributed by atoms with van der Waals surface area (Å²) in [6, 6.07) is 3.10. The van der Waals surface area contributed by atoms with Gasteiger partial charge >= 0.3 is 0 Å². The lowest BCUT2D eigenvalue weighted by molar-refractivity contribution is 0.100. The number of amides is 1. The Bertz CT molecular complexity index is 776. The van der Waals surface area contributed by atoms with Gasteiger partial charge in [0.25, 0.3) is 5.91 Å². The number of carbonyl (C=O) groups is 2. The number of Topliss-reactive ketones (excluding diaryl/α,β-unsaturated/α-hetero) is 1. The van der Waals surface area contributed by atoms with E-state index in [4.69, 9.17) is 21.1 Å². The number of thiazole rings is 1. The lowest BCUT2D eigenvalue weighted by Gasteiger charge is -2.14. The molecule has 1 heterocycles. The van der Waals surface area contributed by atoms with Crippen LogP contribution in [-0.2, 0) is 0 Å². The summed E-state index contributed by atoms with van der Waals surface area (Å²) >= 11 is 7.44. The molecule has 0 aliphatic rings. The summed E-state index contributed by atoms with van der Waals surface area (Å²) in [6.45, 7) is 6.16. The van der Waals surface area contributed by atoms with Crippen LogP contribution in [0.1, 0.15) is 48.0 Å². The number of halogens is 1. The van der Waals surface area contributed by atoms with Crippen molar-refractivity contribution in [1.82, 2.24) is 4.98 Å². The summed E-state index contributed by atoms with van der Waals surface area (Å²) in [5, 5.41) is 4.89. The van der Waals surface area contributed by atoms with Crippen molar-refractivity contribution < 1.29 is 19.1 Å². The summed E-state index contributed by atoms with van der Waals surface area (Å²) in [6.07, 6.45) is 0.826. The highest BCUT2D eigenvalue weighted by molar-refractivity contribution is 7.14. The number of aromatic nitrogens is 1. The molecule has 0 unspecified atom stereocenters. The van der Waals surface area contributed by atoms with Crippen molar-refractivity contribution in [1.29, 1.82) is 0 Å². The van der Waals surface area contributed by atoms with Crippen LogP contribution < -0.4 is 14.8 Å². The molecule has 6 nitrogen and oxygen atoms in total. The Morgan fingerprint density at radius 1 is 1.28 bits per heavy atom. The van der Waals surface area contributed by atoms with Crippen LogP contribution in [0, 0.1) is 0 Å². The molecule has 0 bridgehead atoms. The van der Waals surface area contributed by atoms with E-state index in [-0.39, 0.29) is 5.78 Å². The van der Waals surface area contributed by atoms with E-state index >= 15 is 0 Å². The number of hydrogen-bond acceptors (Lipinski definition) is 6. The number of benzene rings is 1. The summed E-state index contributed by atoms with van der Waals surface area (Å²) < 4.78 is 11.2. The normalized spacial score (nSPS) is 10.4. The molecule has 0 saturated heterocycles. The van der Waals surface area contributed by atoms with Crippen molar-refractivity contribution in [2.24, 2.45) is 0 Å². The Kier molecular flexibility index (Phi) is 6.78. The molecule has 8 heteroatoms. The molecule has 1 amide bonds. The van der Waals surface area contributed by atoms with Crippen molar-refractivity contribution in [3.05, 3.63) is 33.8 Å². The molecule has 134 valence electrons. The molecule has 1 aromatic heterocycles. The lowest BCUT2D eigenvalue weighted by Crippen LogP contribution is -2.13. The predicted octanol–water partition coefficient (Wildman–Crippen LogP) is 4.44. The Balaban J connectivity index is 2.24. The molecule has 0 radical (unpaired) electrons. The van der Waals surface area contributed by atoms with Gasteiger partial charge in [0.2, 0.25) is 0 Å². The molecule has 1 N–H and O–H groups in total. The van der Waals surface area contributed by atoms with E-state index < -0.39 is 5.91 Å². The van der Waals surface area contributed by atoms with Crippen LogP contribution in [0.5, 0.6) is 11.5 Å². The highest BCUT2D eigenvalue weighted by Crippen LogP contribution is 2.37. The van der Waals surface area contributed by atoms with Crippen molar-refractivity contribution in [2.45, 2.75) is 27.2 Å². The number of ketones is 1. The number of hydrogen-bond donors (Lipinski definition) is 1. The van der Waals surface area contributed by atoms with Gasteiger partial charge < -0.3 is 9.47 Å². The van der Waals surface area contributed by atoms with Gasteiger partial charge in [-0.1, -0.05) is 18.5 Å². The largest absolute Gasteiger partial charge is 0.490 e. The zero-order valence-corrected chi connectivity index (χ0v) is 15.8. The van der Waals surface area contributed by atoms with Crippen molar-refractivity contribution >= 4 is 39.8 Å². The second kappa shape index (κ2) is 8.82. The molecule has 0 aliphatic carbocycles. The molecule has 0 aliphatic heterocycles. The Morgan fingerprint density at radius 2 is 2.04 bits per heavy atom. The minimum atomic E-state index is -0.394. The number of nitrogens with one attached hydrogen (secondary N) is 1.